The smallest absolute Gasteiger partial charge is 0.0460 e. The number of hydrogen-bond donors (Lipinski definition) is 0. The Labute approximate surface area is 71.5 Å². The number of rotatable bonds is 4. The lowest BCUT2D eigenvalue weighted by Crippen LogP contribution is -2.07. The molecule has 0 rings (SSSR count). The zero-order valence-electron chi connectivity index (χ0n) is 5.65. The minimum absolute atomic E-state index is 0.362. The molecule has 0 radical (unpaired) electrons. The highest BCUT2D eigenvalue weighted by molar-refractivity contribution is 8.30. The third kappa shape index (κ3) is 6.15. The highest BCUT2D eigenvalue weighted by Crippen LogP contribution is 2.34. The molecular formula is H14ClPSi6. The van der Waals surface area contributed by atoms with Crippen molar-refractivity contribution in [1.82, 2.24) is 0 Å². The van der Waals surface area contributed by atoms with Gasteiger partial charge in [-0.25, -0.2) is 0 Å². The zero-order valence-corrected chi connectivity index (χ0v) is 17.0. The van der Waals surface area contributed by atoms with Gasteiger partial charge in [-0.15, -0.1) is 11.2 Å². The van der Waals surface area contributed by atoms with Crippen molar-refractivity contribution in [1.29, 1.82) is 0 Å². The van der Waals surface area contributed by atoms with E-state index in [0.717, 1.165) is 0 Å². The fourth-order valence-electron chi connectivity index (χ4n) is 0.597. The molecule has 0 aliphatic carbocycles. The molecule has 0 unspecified atom stereocenters. The first kappa shape index (κ1) is 10.0. The van der Waals surface area contributed by atoms with Crippen molar-refractivity contribution in [2.24, 2.45) is 0 Å². The van der Waals surface area contributed by atoms with Gasteiger partial charge in [0.15, 0.2) is 0 Å². The highest BCUT2D eigenvalue weighted by Gasteiger charge is 1.99. The third-order valence-corrected chi connectivity index (χ3v) is 75.5. The lowest BCUT2D eigenvalue weighted by atomic mass is 26.5. The van der Waals surface area contributed by atoms with E-state index in [1.165, 1.54) is 0 Å². The topological polar surface area (TPSA) is 0 Å². The van der Waals surface area contributed by atoms with Crippen LogP contribution in [-0.4, -0.2) is 54.0 Å². The average Bonchev–Trinajstić information content (AvgIpc) is 1.68. The lowest BCUT2D eigenvalue weighted by Gasteiger charge is -2.01. The van der Waals surface area contributed by atoms with Gasteiger partial charge in [-0.3, -0.25) is 0 Å². The van der Waals surface area contributed by atoms with Gasteiger partial charge >= 0.3 is 0 Å². The van der Waals surface area contributed by atoms with Crippen LogP contribution in [0.2, 0.25) is 0 Å². The van der Waals surface area contributed by atoms with Crippen molar-refractivity contribution in [2.75, 3.05) is 0 Å². The largest absolute Gasteiger partial charge is 0.108 e. The van der Waals surface area contributed by atoms with Crippen LogP contribution in [0.15, 0.2) is 0 Å². The molecule has 0 aliphatic heterocycles. The molecule has 0 saturated heterocycles. The van der Waals surface area contributed by atoms with Gasteiger partial charge in [0.05, 0.1) is 0 Å². The van der Waals surface area contributed by atoms with Gasteiger partial charge < -0.3 is 0 Å². The fourth-order valence-corrected chi connectivity index (χ4v) is 145. The normalized spacial score (nSPS) is 20.6. The molecule has 0 spiro atoms. The molecule has 0 aromatic rings. The van der Waals surface area contributed by atoms with Crippen LogP contribution in [0, 0.1) is 0 Å². The molecule has 0 fully saturated rings. The van der Waals surface area contributed by atoms with Gasteiger partial charge in [-0.05, 0) is 36.6 Å². The van der Waals surface area contributed by atoms with Crippen LogP contribution in [0.3, 0.4) is 0 Å². The predicted molar refractivity (Wildman–Crippen MR) is 66.8 cm³/mol. The first-order chi connectivity index (χ1) is 3.81. The summed E-state index contributed by atoms with van der Waals surface area (Å²) in [5.74, 6) is 0. The van der Waals surface area contributed by atoms with Gasteiger partial charge in [-0.1, -0.05) is 6.37 Å². The quantitative estimate of drug-likeness (QED) is 0.348. The van der Waals surface area contributed by atoms with Crippen LogP contribution in [0.1, 0.15) is 0 Å². The van der Waals surface area contributed by atoms with E-state index < -0.39 is 0 Å². The number of halogens is 1. The molecular weight excluding hydrogens is 235 g/mol. The van der Waals surface area contributed by atoms with E-state index in [1.54, 1.807) is 19.5 Å². The van der Waals surface area contributed by atoms with Gasteiger partial charge in [-0.2, -0.15) is 0 Å². The fraction of sp³-hybridized carbons (Fsp3) is 0. The SMILES string of the molecule is [SiH3][SiH2][SiH2]P(Cl)[SiH2][SiH2][SiH3]. The maximum Gasteiger partial charge on any atom is 0.0460 e. The third-order valence-electron chi connectivity index (χ3n) is 0.932. The monoisotopic (exact) mass is 248 g/mol. The zero-order chi connectivity index (χ0) is 6.41. The van der Waals surface area contributed by atoms with Crippen LogP contribution < -0.4 is 0 Å². The minimum atomic E-state index is 0.362. The Kier molecular flexibility index (Phi) is 8.93. The first-order valence-corrected chi connectivity index (χ1v) is 28.9. The Hall–Kier alpha value is 2.02. The number of hydrogen-bond acceptors (Lipinski definition) is 0. The molecule has 0 N–H and O–H groups in total. The molecule has 50 valence electrons. The van der Waals surface area contributed by atoms with Crippen molar-refractivity contribution >= 4 is 71.6 Å². The predicted octanol–water partition coefficient (Wildman–Crippen LogP) is -4.48. The van der Waals surface area contributed by atoms with E-state index in [9.17, 15) is 0 Å². The van der Waals surface area contributed by atoms with Crippen molar-refractivity contribution in [2.45, 2.75) is 0 Å². The maximum atomic E-state index is 6.18. The Morgan fingerprint density at radius 1 is 1.12 bits per heavy atom. The summed E-state index contributed by atoms with van der Waals surface area (Å²) < 4.78 is 0. The van der Waals surface area contributed by atoms with Crippen LogP contribution in [0.5, 0.6) is 0 Å². The summed E-state index contributed by atoms with van der Waals surface area (Å²) in [6, 6.07) is 0. The second-order valence-corrected chi connectivity index (χ2v) is 51.6. The minimum Gasteiger partial charge on any atom is -0.108 e. The second-order valence-electron chi connectivity index (χ2n) is 1.91. The van der Waals surface area contributed by atoms with Crippen LogP contribution in [0.25, 0.3) is 0 Å². The molecule has 0 aromatic heterocycles. The molecule has 0 heterocycles. The Bertz CT molecular complexity index is 41.8. The summed E-state index contributed by atoms with van der Waals surface area (Å²) in [6.45, 7) is 0. The summed E-state index contributed by atoms with van der Waals surface area (Å²) in [7, 11) is 5.31. The Morgan fingerprint density at radius 2 is 1.50 bits per heavy atom. The standard InChI is InChI=1S/ClH14PSi6/c1-2(5-7-3)6-8-4/h5-8H2,3-4H3. The van der Waals surface area contributed by atoms with Crippen molar-refractivity contribution in [3.05, 3.63) is 0 Å². The molecule has 0 aromatic carbocycles. The Morgan fingerprint density at radius 3 is 1.75 bits per heavy atom. The van der Waals surface area contributed by atoms with Crippen molar-refractivity contribution < 1.29 is 0 Å². The van der Waals surface area contributed by atoms with E-state index in [0.29, 0.717) is 40.9 Å². The molecule has 8 heteroatoms. The van der Waals surface area contributed by atoms with Crippen LogP contribution in [0.4, 0.5) is 0 Å². The summed E-state index contributed by atoms with van der Waals surface area (Å²) >= 11 is 6.18. The van der Waals surface area contributed by atoms with Crippen molar-refractivity contribution in [3.8, 4) is 0 Å². The van der Waals surface area contributed by atoms with E-state index in [4.69, 9.17) is 11.2 Å². The van der Waals surface area contributed by atoms with Gasteiger partial charge in [0, 0.05) is 17.4 Å². The molecule has 0 bridgehead atoms. The molecule has 0 nitrogen and oxygen atoms in total. The highest BCUT2D eigenvalue weighted by atomic mass is 35.7. The Balaban J connectivity index is 2.92. The van der Waals surface area contributed by atoms with E-state index >= 15 is 0 Å². The summed E-state index contributed by atoms with van der Waals surface area (Å²) in [4.78, 5) is 0. The van der Waals surface area contributed by atoms with Crippen LogP contribution >= 0.6 is 17.6 Å². The van der Waals surface area contributed by atoms with E-state index in [1.807, 2.05) is 0 Å². The molecule has 0 atom stereocenters. The van der Waals surface area contributed by atoms with E-state index in [-0.39, 0.29) is 0 Å². The first-order valence-electron chi connectivity index (χ1n) is 3.22. The second kappa shape index (κ2) is 7.13. The maximum absolute atomic E-state index is 6.18. The van der Waals surface area contributed by atoms with E-state index in [2.05, 4.69) is 0 Å². The average molecular weight is 249 g/mol. The molecule has 0 saturated carbocycles. The lowest BCUT2D eigenvalue weighted by molar-refractivity contribution is 4.03. The summed E-state index contributed by atoms with van der Waals surface area (Å²) in [6.07, 6.45) is 0.362. The van der Waals surface area contributed by atoms with Gasteiger partial charge in [0.25, 0.3) is 0 Å². The summed E-state index contributed by atoms with van der Waals surface area (Å²) in [5, 5.41) is 0. The molecule has 8 heavy (non-hydrogen) atoms. The van der Waals surface area contributed by atoms with Crippen LogP contribution in [-0.2, 0) is 0 Å². The molecule has 0 aliphatic rings. The summed E-state index contributed by atoms with van der Waals surface area (Å²) in [5.41, 5.74) is 0. The van der Waals surface area contributed by atoms with Gasteiger partial charge in [0.2, 0.25) is 0 Å². The molecule has 0 amide bonds. The van der Waals surface area contributed by atoms with Gasteiger partial charge in [0.1, 0.15) is 0 Å². The van der Waals surface area contributed by atoms with Crippen molar-refractivity contribution in [3.63, 3.8) is 0 Å².